The van der Waals surface area contributed by atoms with Crippen LogP contribution in [-0.4, -0.2) is 40.5 Å². The Kier molecular flexibility index (Phi) is 6.79. The number of nitrogens with zero attached hydrogens (tertiary/aromatic N) is 2. The number of likely N-dealkylation sites (tertiary alicyclic amines) is 1. The van der Waals surface area contributed by atoms with Gasteiger partial charge >= 0.3 is 0 Å². The van der Waals surface area contributed by atoms with E-state index in [1.54, 1.807) is 0 Å². The van der Waals surface area contributed by atoms with Gasteiger partial charge in [-0.05, 0) is 59.3 Å². The fourth-order valence-electron chi connectivity index (χ4n) is 2.71. The van der Waals surface area contributed by atoms with E-state index in [0.717, 1.165) is 22.5 Å². The lowest BCUT2D eigenvalue weighted by Gasteiger charge is -2.16. The Bertz CT molecular complexity index is 694. The van der Waals surface area contributed by atoms with Gasteiger partial charge in [-0.15, -0.1) is 0 Å². The summed E-state index contributed by atoms with van der Waals surface area (Å²) < 4.78 is 5.64. The van der Waals surface area contributed by atoms with Crippen molar-refractivity contribution in [1.29, 1.82) is 0 Å². The van der Waals surface area contributed by atoms with Gasteiger partial charge < -0.3 is 9.72 Å². The molecule has 1 fully saturated rings. The number of benzene rings is 1. The highest BCUT2D eigenvalue weighted by Crippen LogP contribution is 2.30. The predicted octanol–water partition coefficient (Wildman–Crippen LogP) is 4.56. The number of H-pyrrole nitrogens is 1. The van der Waals surface area contributed by atoms with E-state index in [0.29, 0.717) is 12.5 Å². The Morgan fingerprint density at radius 1 is 1.40 bits per heavy atom. The maximum Gasteiger partial charge on any atom is 0.293 e. The van der Waals surface area contributed by atoms with Crippen LogP contribution in [0.4, 0.5) is 0 Å². The maximum atomic E-state index is 9.60. The zero-order valence-electron chi connectivity index (χ0n) is 15.3. The molecule has 25 heavy (non-hydrogen) atoms. The first-order chi connectivity index (χ1) is 11.8. The van der Waals surface area contributed by atoms with E-state index < -0.39 is 0 Å². The van der Waals surface area contributed by atoms with Crippen LogP contribution >= 0.6 is 15.9 Å². The minimum Gasteiger partial charge on any atom is -0.462 e. The molecule has 0 aliphatic carbocycles. The SMILES string of the molecule is CC(C)(C)OC=O.CN1CCC[C@H]1c1ncc(-c2cccc(Br)c2)[nH]1. The highest BCUT2D eigenvalue weighted by atomic mass is 79.9. The lowest BCUT2D eigenvalue weighted by Crippen LogP contribution is -2.18. The van der Waals surface area contributed by atoms with Crippen molar-refractivity contribution in [2.75, 3.05) is 13.6 Å². The molecule has 1 atom stereocenters. The van der Waals surface area contributed by atoms with Gasteiger partial charge in [-0.1, -0.05) is 28.1 Å². The number of imidazole rings is 1. The molecule has 1 aromatic carbocycles. The van der Waals surface area contributed by atoms with E-state index in [1.165, 1.54) is 18.4 Å². The molecular formula is C19H26BrN3O2. The molecule has 0 radical (unpaired) electrons. The number of hydrogen-bond acceptors (Lipinski definition) is 4. The molecule has 2 aromatic rings. The molecule has 1 aliphatic rings. The molecule has 3 rings (SSSR count). The largest absolute Gasteiger partial charge is 0.462 e. The first-order valence-electron chi connectivity index (χ1n) is 8.42. The monoisotopic (exact) mass is 407 g/mol. The van der Waals surface area contributed by atoms with Crippen LogP contribution in [0, 0.1) is 0 Å². The Morgan fingerprint density at radius 3 is 2.68 bits per heavy atom. The van der Waals surface area contributed by atoms with Crippen molar-refractivity contribution in [1.82, 2.24) is 14.9 Å². The Labute approximate surface area is 157 Å². The van der Waals surface area contributed by atoms with E-state index in [2.05, 4.69) is 54.7 Å². The van der Waals surface area contributed by atoms with Crippen molar-refractivity contribution in [3.05, 3.63) is 40.8 Å². The second-order valence-electron chi connectivity index (χ2n) is 7.16. The molecule has 1 aromatic heterocycles. The quantitative estimate of drug-likeness (QED) is 0.757. The summed E-state index contributed by atoms with van der Waals surface area (Å²) >= 11 is 3.50. The summed E-state index contributed by atoms with van der Waals surface area (Å²) in [6, 6.07) is 8.73. The third-order valence-electron chi connectivity index (χ3n) is 3.97. The number of halogens is 1. The first kappa shape index (κ1) is 19.7. The van der Waals surface area contributed by atoms with Crippen molar-refractivity contribution in [3.63, 3.8) is 0 Å². The number of aromatic amines is 1. The summed E-state index contributed by atoms with van der Waals surface area (Å²) in [6.07, 6.45) is 4.39. The highest BCUT2D eigenvalue weighted by Gasteiger charge is 2.25. The number of rotatable bonds is 3. The fraction of sp³-hybridized carbons (Fsp3) is 0.474. The topological polar surface area (TPSA) is 58.2 Å². The van der Waals surface area contributed by atoms with Crippen LogP contribution < -0.4 is 0 Å². The van der Waals surface area contributed by atoms with Crippen molar-refractivity contribution < 1.29 is 9.53 Å². The lowest BCUT2D eigenvalue weighted by atomic mass is 10.2. The molecule has 1 saturated heterocycles. The van der Waals surface area contributed by atoms with Crippen LogP contribution in [0.3, 0.4) is 0 Å². The smallest absolute Gasteiger partial charge is 0.293 e. The fourth-order valence-corrected chi connectivity index (χ4v) is 3.11. The Hall–Kier alpha value is -1.66. The average Bonchev–Trinajstić information content (AvgIpc) is 3.15. The van der Waals surface area contributed by atoms with Crippen molar-refractivity contribution >= 4 is 22.4 Å². The van der Waals surface area contributed by atoms with E-state index in [-0.39, 0.29) is 5.60 Å². The Morgan fingerprint density at radius 2 is 2.16 bits per heavy atom. The summed E-state index contributed by atoms with van der Waals surface area (Å²) in [6.45, 7) is 7.09. The second kappa shape index (κ2) is 8.63. The average molecular weight is 408 g/mol. The normalized spacial score (nSPS) is 17.7. The van der Waals surface area contributed by atoms with Crippen LogP contribution in [0.25, 0.3) is 11.3 Å². The number of carbonyl (C=O) groups is 1. The molecule has 5 nitrogen and oxygen atoms in total. The van der Waals surface area contributed by atoms with Gasteiger partial charge in [-0.25, -0.2) is 4.98 Å². The minimum absolute atomic E-state index is 0.318. The van der Waals surface area contributed by atoms with Gasteiger partial charge in [-0.2, -0.15) is 0 Å². The maximum absolute atomic E-state index is 9.60. The minimum atomic E-state index is -0.318. The van der Waals surface area contributed by atoms with E-state index in [9.17, 15) is 4.79 Å². The van der Waals surface area contributed by atoms with Gasteiger partial charge in [0.25, 0.3) is 6.47 Å². The van der Waals surface area contributed by atoms with Crippen LogP contribution in [0.15, 0.2) is 34.9 Å². The zero-order valence-corrected chi connectivity index (χ0v) is 16.8. The second-order valence-corrected chi connectivity index (χ2v) is 8.07. The summed E-state index contributed by atoms with van der Waals surface area (Å²) in [5.41, 5.74) is 1.94. The van der Waals surface area contributed by atoms with Gasteiger partial charge in [0.1, 0.15) is 11.4 Å². The molecule has 1 N–H and O–H groups in total. The van der Waals surface area contributed by atoms with E-state index in [1.807, 2.05) is 39.1 Å². The number of aromatic nitrogens is 2. The van der Waals surface area contributed by atoms with Crippen LogP contribution in [-0.2, 0) is 9.53 Å². The number of carbonyl (C=O) groups excluding carboxylic acids is 1. The standard InChI is InChI=1S/C14H16BrN3.C5H10O2/c1-18-7-3-6-13(18)14-16-9-12(17-14)10-4-2-5-11(15)8-10;1-5(2,3)7-4-6/h2,4-5,8-9,13H,3,6-7H2,1H3,(H,16,17);4H,1-3H3/t13-;/m0./s1. The number of nitrogens with one attached hydrogen (secondary N) is 1. The van der Waals surface area contributed by atoms with Crippen molar-refractivity contribution in [2.24, 2.45) is 0 Å². The van der Waals surface area contributed by atoms with Gasteiger partial charge in [0.15, 0.2) is 0 Å². The van der Waals surface area contributed by atoms with Gasteiger partial charge in [-0.3, -0.25) is 9.69 Å². The van der Waals surface area contributed by atoms with Gasteiger partial charge in [0.05, 0.1) is 17.9 Å². The number of hydrogen-bond donors (Lipinski definition) is 1. The first-order valence-corrected chi connectivity index (χ1v) is 9.22. The lowest BCUT2D eigenvalue weighted by molar-refractivity contribution is -0.138. The highest BCUT2D eigenvalue weighted by molar-refractivity contribution is 9.10. The van der Waals surface area contributed by atoms with Crippen molar-refractivity contribution in [2.45, 2.75) is 45.3 Å². The molecule has 0 amide bonds. The molecule has 6 heteroatoms. The van der Waals surface area contributed by atoms with Crippen LogP contribution in [0.1, 0.15) is 45.5 Å². The van der Waals surface area contributed by atoms with Crippen LogP contribution in [0.2, 0.25) is 0 Å². The number of ether oxygens (including phenoxy) is 1. The van der Waals surface area contributed by atoms with E-state index >= 15 is 0 Å². The third-order valence-corrected chi connectivity index (χ3v) is 4.46. The Balaban J connectivity index is 0.000000277. The molecule has 0 unspecified atom stereocenters. The zero-order chi connectivity index (χ0) is 18.4. The summed E-state index contributed by atoms with van der Waals surface area (Å²) in [5.74, 6) is 1.09. The molecule has 1 aliphatic heterocycles. The third kappa shape index (κ3) is 5.97. The molecule has 0 saturated carbocycles. The molecule has 136 valence electrons. The summed E-state index contributed by atoms with van der Waals surface area (Å²) in [4.78, 5) is 20.0. The van der Waals surface area contributed by atoms with Gasteiger partial charge in [0, 0.05) is 10.0 Å². The predicted molar refractivity (Wildman–Crippen MR) is 103 cm³/mol. The molecule has 0 bridgehead atoms. The van der Waals surface area contributed by atoms with Crippen LogP contribution in [0.5, 0.6) is 0 Å². The molecular weight excluding hydrogens is 382 g/mol. The summed E-state index contributed by atoms with van der Waals surface area (Å²) in [5, 5.41) is 0. The molecule has 2 heterocycles. The molecule has 0 spiro atoms. The van der Waals surface area contributed by atoms with Crippen molar-refractivity contribution in [3.8, 4) is 11.3 Å². The van der Waals surface area contributed by atoms with E-state index in [4.69, 9.17) is 0 Å². The van der Waals surface area contributed by atoms with Gasteiger partial charge in [0.2, 0.25) is 0 Å². The summed E-state index contributed by atoms with van der Waals surface area (Å²) in [7, 11) is 2.17.